The van der Waals surface area contributed by atoms with Crippen molar-refractivity contribution in [3.8, 4) is 11.5 Å². The smallest absolute Gasteiger partial charge is 0.341 e. The number of amides is 1. The lowest BCUT2D eigenvalue weighted by molar-refractivity contribution is 0.0120. The van der Waals surface area contributed by atoms with Gasteiger partial charge in [0.05, 0.1) is 39.7 Å². The van der Waals surface area contributed by atoms with Crippen LogP contribution in [0.3, 0.4) is 0 Å². The fraction of sp³-hybridized carbons (Fsp3) is 0.379. The summed E-state index contributed by atoms with van der Waals surface area (Å²) in [5, 5.41) is 9.40. The van der Waals surface area contributed by atoms with E-state index in [2.05, 4.69) is 20.9 Å². The third-order valence-corrected chi connectivity index (χ3v) is 7.32. The van der Waals surface area contributed by atoms with Crippen LogP contribution in [0.5, 0.6) is 11.5 Å². The first-order valence-electron chi connectivity index (χ1n) is 13.4. The Hall–Kier alpha value is -4.58. The predicted molar refractivity (Wildman–Crippen MR) is 151 cm³/mol. The Labute approximate surface area is 237 Å². The van der Waals surface area contributed by atoms with E-state index in [1.165, 1.54) is 10.8 Å². The van der Waals surface area contributed by atoms with Crippen molar-refractivity contribution in [2.24, 2.45) is 0 Å². The molecule has 2 aliphatic rings. The van der Waals surface area contributed by atoms with Gasteiger partial charge in [-0.3, -0.25) is 14.2 Å². The highest BCUT2D eigenvalue weighted by Crippen LogP contribution is 2.34. The Bertz CT molecular complexity index is 1550. The molecule has 1 spiro atoms. The Morgan fingerprint density at radius 3 is 2.61 bits per heavy atom. The summed E-state index contributed by atoms with van der Waals surface area (Å²) in [5.41, 5.74) is 1.31. The molecule has 0 saturated carbocycles. The van der Waals surface area contributed by atoms with Crippen LogP contribution in [0.25, 0.3) is 0 Å². The molecule has 1 saturated heterocycles. The van der Waals surface area contributed by atoms with E-state index in [1.54, 1.807) is 46.3 Å². The highest BCUT2D eigenvalue weighted by atomic mass is 16.5. The van der Waals surface area contributed by atoms with E-state index in [-0.39, 0.29) is 29.3 Å². The fourth-order valence-corrected chi connectivity index (χ4v) is 5.26. The highest BCUT2D eigenvalue weighted by Gasteiger charge is 2.45. The number of methoxy groups -OCH3 is 2. The summed E-state index contributed by atoms with van der Waals surface area (Å²) in [6, 6.07) is 8.76. The minimum Gasteiger partial charge on any atom is -0.497 e. The summed E-state index contributed by atoms with van der Waals surface area (Å²) in [5.74, 6) is 0.898. The molecule has 0 aliphatic carbocycles. The van der Waals surface area contributed by atoms with Crippen LogP contribution in [0.1, 0.15) is 51.7 Å². The van der Waals surface area contributed by atoms with Crippen molar-refractivity contribution in [1.29, 1.82) is 0 Å². The highest BCUT2D eigenvalue weighted by molar-refractivity contribution is 5.98. The van der Waals surface area contributed by atoms with Crippen LogP contribution in [0.15, 0.2) is 41.3 Å². The van der Waals surface area contributed by atoms with E-state index >= 15 is 0 Å². The molecule has 3 aromatic rings. The number of carbonyl (C=O) groups excluding carboxylic acids is 2. The molecule has 0 atom stereocenters. The lowest BCUT2D eigenvalue weighted by atomic mass is 10.0. The van der Waals surface area contributed by atoms with Crippen LogP contribution >= 0.6 is 0 Å². The molecule has 5 rings (SSSR count). The molecule has 2 aliphatic heterocycles. The molecule has 4 heterocycles. The predicted octanol–water partition coefficient (Wildman–Crippen LogP) is 3.31. The molecule has 0 radical (unpaired) electrons. The SMILES string of the molecule is CCOC(=O)c1cnc(NCc2ccc(OC)cc2OC)cc1Nc1cc(C)c2n(c1=O)C1(CCOCC1)NC2=O. The number of nitrogens with one attached hydrogen (secondary N) is 3. The van der Waals surface area contributed by atoms with Gasteiger partial charge in [-0.25, -0.2) is 9.78 Å². The monoisotopic (exact) mass is 563 g/mol. The van der Waals surface area contributed by atoms with Crippen molar-refractivity contribution >= 4 is 29.1 Å². The molecule has 1 fully saturated rings. The maximum absolute atomic E-state index is 13.9. The number of hydrogen-bond acceptors (Lipinski definition) is 10. The van der Waals surface area contributed by atoms with E-state index in [9.17, 15) is 14.4 Å². The summed E-state index contributed by atoms with van der Waals surface area (Å²) in [4.78, 5) is 44.0. The molecule has 1 amide bonds. The number of aryl methyl sites for hydroxylation is 1. The molecule has 12 nitrogen and oxygen atoms in total. The van der Waals surface area contributed by atoms with Gasteiger partial charge in [-0.2, -0.15) is 0 Å². The van der Waals surface area contributed by atoms with Gasteiger partial charge in [0.15, 0.2) is 0 Å². The Kier molecular flexibility index (Phi) is 7.84. The molecule has 2 aromatic heterocycles. The number of benzene rings is 1. The molecular weight excluding hydrogens is 530 g/mol. The van der Waals surface area contributed by atoms with Crippen LogP contribution in [-0.4, -0.2) is 55.5 Å². The van der Waals surface area contributed by atoms with Crippen molar-refractivity contribution in [2.45, 2.75) is 38.9 Å². The fourth-order valence-electron chi connectivity index (χ4n) is 5.26. The Morgan fingerprint density at radius 2 is 1.90 bits per heavy atom. The van der Waals surface area contributed by atoms with E-state index in [0.29, 0.717) is 66.9 Å². The first-order valence-corrected chi connectivity index (χ1v) is 13.4. The zero-order chi connectivity index (χ0) is 29.1. The number of ether oxygens (including phenoxy) is 4. The summed E-state index contributed by atoms with van der Waals surface area (Å²) >= 11 is 0. The number of anilines is 3. The third kappa shape index (κ3) is 5.30. The number of pyridine rings is 2. The standard InChI is InChI=1S/C29H33N5O7/c1-5-41-28(37)20-16-31-24(30-15-18-6-7-19(38-3)13-23(18)39-4)14-21(20)32-22-12-17(2)25-26(35)33-29(34(25)27(22)36)8-10-40-11-9-29/h6-7,12-14,16H,5,8-11,15H2,1-4H3,(H,33,35)(H2,30,31,32). The maximum atomic E-state index is 13.9. The molecule has 41 heavy (non-hydrogen) atoms. The largest absolute Gasteiger partial charge is 0.497 e. The van der Waals surface area contributed by atoms with Gasteiger partial charge in [0.1, 0.15) is 39.9 Å². The van der Waals surface area contributed by atoms with Crippen LogP contribution in [0, 0.1) is 6.92 Å². The van der Waals surface area contributed by atoms with Crippen LogP contribution in [0.4, 0.5) is 17.2 Å². The molecule has 0 bridgehead atoms. The van der Waals surface area contributed by atoms with Gasteiger partial charge in [-0.15, -0.1) is 0 Å². The molecule has 0 unspecified atom stereocenters. The number of carbonyl (C=O) groups is 2. The number of nitrogens with zero attached hydrogens (tertiary/aromatic N) is 2. The number of hydrogen-bond donors (Lipinski definition) is 3. The van der Waals surface area contributed by atoms with Gasteiger partial charge in [0, 0.05) is 43.3 Å². The number of esters is 1. The first-order chi connectivity index (χ1) is 19.8. The average molecular weight is 564 g/mol. The first kappa shape index (κ1) is 28.0. The van der Waals surface area contributed by atoms with E-state index in [1.807, 2.05) is 12.1 Å². The topological polar surface area (TPSA) is 142 Å². The van der Waals surface area contributed by atoms with Gasteiger partial charge in [0.25, 0.3) is 11.5 Å². The molecule has 1 aromatic carbocycles. The van der Waals surface area contributed by atoms with Crippen molar-refractivity contribution in [3.63, 3.8) is 0 Å². The van der Waals surface area contributed by atoms with Gasteiger partial charge < -0.3 is 34.9 Å². The maximum Gasteiger partial charge on any atom is 0.341 e. The van der Waals surface area contributed by atoms with Crippen LogP contribution in [-0.2, 0) is 21.7 Å². The second-order valence-corrected chi connectivity index (χ2v) is 9.82. The second kappa shape index (κ2) is 11.5. The minimum atomic E-state index is -0.851. The quantitative estimate of drug-likeness (QED) is 0.332. The zero-order valence-corrected chi connectivity index (χ0v) is 23.5. The van der Waals surface area contributed by atoms with E-state index in [0.717, 1.165) is 5.56 Å². The van der Waals surface area contributed by atoms with Crippen molar-refractivity contribution in [3.05, 3.63) is 69.3 Å². The summed E-state index contributed by atoms with van der Waals surface area (Å²) < 4.78 is 23.0. The van der Waals surface area contributed by atoms with Gasteiger partial charge >= 0.3 is 5.97 Å². The third-order valence-electron chi connectivity index (χ3n) is 7.32. The average Bonchev–Trinajstić information content (AvgIpc) is 3.26. The second-order valence-electron chi connectivity index (χ2n) is 9.82. The lowest BCUT2D eigenvalue weighted by Crippen LogP contribution is -2.51. The summed E-state index contributed by atoms with van der Waals surface area (Å²) in [6.07, 6.45) is 2.35. The summed E-state index contributed by atoms with van der Waals surface area (Å²) in [7, 11) is 3.17. The van der Waals surface area contributed by atoms with Gasteiger partial charge in [-0.1, -0.05) is 0 Å². The Morgan fingerprint density at radius 1 is 1.12 bits per heavy atom. The number of rotatable bonds is 9. The molecule has 216 valence electrons. The number of aromatic nitrogens is 2. The van der Waals surface area contributed by atoms with Crippen molar-refractivity contribution < 1.29 is 28.5 Å². The zero-order valence-electron chi connectivity index (χ0n) is 23.5. The van der Waals surface area contributed by atoms with Crippen molar-refractivity contribution in [1.82, 2.24) is 14.9 Å². The van der Waals surface area contributed by atoms with Gasteiger partial charge in [0.2, 0.25) is 0 Å². The normalized spacial score (nSPS) is 15.2. The van der Waals surface area contributed by atoms with Crippen LogP contribution < -0.4 is 31.0 Å². The van der Waals surface area contributed by atoms with Crippen molar-refractivity contribution in [2.75, 3.05) is 44.7 Å². The lowest BCUT2D eigenvalue weighted by Gasteiger charge is -2.35. The van der Waals surface area contributed by atoms with Crippen LogP contribution in [0.2, 0.25) is 0 Å². The van der Waals surface area contributed by atoms with E-state index in [4.69, 9.17) is 18.9 Å². The van der Waals surface area contributed by atoms with Gasteiger partial charge in [-0.05, 0) is 37.6 Å². The number of fused-ring (bicyclic) bond motifs is 2. The van der Waals surface area contributed by atoms with E-state index < -0.39 is 11.6 Å². The Balaban J connectivity index is 1.50. The summed E-state index contributed by atoms with van der Waals surface area (Å²) in [6.45, 7) is 4.89. The minimum absolute atomic E-state index is 0.164. The molecular formula is C29H33N5O7. The molecule has 12 heteroatoms. The molecule has 3 N–H and O–H groups in total.